The Kier molecular flexibility index (Phi) is 4.23. The van der Waals surface area contributed by atoms with E-state index in [-0.39, 0.29) is 6.04 Å². The van der Waals surface area contributed by atoms with Gasteiger partial charge in [0.2, 0.25) is 0 Å². The summed E-state index contributed by atoms with van der Waals surface area (Å²) >= 11 is 12.2. The number of hydrogen-bond donors (Lipinski definition) is 1. The summed E-state index contributed by atoms with van der Waals surface area (Å²) in [6.45, 7) is 2.09. The van der Waals surface area contributed by atoms with Crippen LogP contribution in [0.3, 0.4) is 0 Å². The van der Waals surface area contributed by atoms with Crippen LogP contribution >= 0.6 is 23.2 Å². The van der Waals surface area contributed by atoms with E-state index in [1.54, 1.807) is 6.07 Å². The van der Waals surface area contributed by atoms with E-state index in [1.807, 2.05) is 43.4 Å². The van der Waals surface area contributed by atoms with Crippen molar-refractivity contribution in [1.82, 2.24) is 0 Å². The van der Waals surface area contributed by atoms with E-state index in [0.29, 0.717) is 10.7 Å². The van der Waals surface area contributed by atoms with Gasteiger partial charge in [-0.05, 0) is 36.8 Å². The summed E-state index contributed by atoms with van der Waals surface area (Å²) in [5.74, 6) is 0. The lowest BCUT2D eigenvalue weighted by Crippen LogP contribution is -2.22. The van der Waals surface area contributed by atoms with E-state index in [9.17, 15) is 0 Å². The van der Waals surface area contributed by atoms with Gasteiger partial charge < -0.3 is 10.6 Å². The molecule has 0 saturated heterocycles. The molecule has 0 spiro atoms. The second-order valence-electron chi connectivity index (χ2n) is 4.51. The average Bonchev–Trinajstić information content (AvgIpc) is 2.38. The number of rotatable bonds is 3. The largest absolute Gasteiger partial charge is 0.397 e. The summed E-state index contributed by atoms with van der Waals surface area (Å²) in [4.78, 5) is 2.09. The van der Waals surface area contributed by atoms with Crippen molar-refractivity contribution in [3.8, 4) is 0 Å². The van der Waals surface area contributed by atoms with Crippen molar-refractivity contribution in [1.29, 1.82) is 0 Å². The molecular weight excluding hydrogens is 279 g/mol. The van der Waals surface area contributed by atoms with E-state index in [2.05, 4.69) is 11.8 Å². The molecule has 0 saturated carbocycles. The molecule has 0 aliphatic rings. The summed E-state index contributed by atoms with van der Waals surface area (Å²) in [5, 5.41) is 1.40. The number of benzene rings is 2. The first-order valence-electron chi connectivity index (χ1n) is 6.03. The molecule has 0 radical (unpaired) electrons. The fourth-order valence-corrected chi connectivity index (χ4v) is 2.55. The topological polar surface area (TPSA) is 29.3 Å². The van der Waals surface area contributed by atoms with Gasteiger partial charge in [-0.1, -0.05) is 41.4 Å². The van der Waals surface area contributed by atoms with Gasteiger partial charge in [0, 0.05) is 17.1 Å². The Bertz CT molecular complexity index is 584. The Morgan fingerprint density at radius 1 is 1.11 bits per heavy atom. The van der Waals surface area contributed by atoms with Crippen LogP contribution in [0.15, 0.2) is 42.5 Å². The average molecular weight is 295 g/mol. The highest BCUT2D eigenvalue weighted by Crippen LogP contribution is 2.33. The van der Waals surface area contributed by atoms with Crippen LogP contribution in [0, 0.1) is 0 Å². The first-order valence-corrected chi connectivity index (χ1v) is 6.78. The first kappa shape index (κ1) is 14.0. The molecule has 0 fully saturated rings. The summed E-state index contributed by atoms with van der Waals surface area (Å²) in [5.41, 5.74) is 8.69. The molecule has 2 nitrogen and oxygen atoms in total. The monoisotopic (exact) mass is 294 g/mol. The quantitative estimate of drug-likeness (QED) is 0.826. The van der Waals surface area contributed by atoms with Crippen LogP contribution < -0.4 is 10.6 Å². The number of nitrogen functional groups attached to an aromatic ring is 1. The zero-order valence-electron chi connectivity index (χ0n) is 10.9. The van der Waals surface area contributed by atoms with Crippen molar-refractivity contribution < 1.29 is 0 Å². The van der Waals surface area contributed by atoms with Crippen molar-refractivity contribution >= 4 is 34.6 Å². The fourth-order valence-electron chi connectivity index (χ4n) is 2.08. The highest BCUT2D eigenvalue weighted by Gasteiger charge is 2.16. The van der Waals surface area contributed by atoms with E-state index >= 15 is 0 Å². The van der Waals surface area contributed by atoms with Crippen molar-refractivity contribution in [3.05, 3.63) is 58.1 Å². The SMILES string of the molecule is CC(c1ccccc1Cl)N(C)c1ccc(Cl)cc1N. The molecule has 2 aromatic carbocycles. The fraction of sp³-hybridized carbons (Fsp3) is 0.200. The molecule has 2 aromatic rings. The van der Waals surface area contributed by atoms with Gasteiger partial charge in [0.15, 0.2) is 0 Å². The van der Waals surface area contributed by atoms with Crippen molar-refractivity contribution in [2.75, 3.05) is 17.7 Å². The van der Waals surface area contributed by atoms with Crippen LogP contribution in [-0.4, -0.2) is 7.05 Å². The zero-order chi connectivity index (χ0) is 14.0. The number of hydrogen-bond acceptors (Lipinski definition) is 2. The van der Waals surface area contributed by atoms with Crippen LogP contribution in [0.25, 0.3) is 0 Å². The summed E-state index contributed by atoms with van der Waals surface area (Å²) in [6.07, 6.45) is 0. The molecule has 0 amide bonds. The maximum atomic E-state index is 6.24. The molecule has 4 heteroatoms. The van der Waals surface area contributed by atoms with E-state index < -0.39 is 0 Å². The second kappa shape index (κ2) is 5.72. The smallest absolute Gasteiger partial charge is 0.0603 e. The van der Waals surface area contributed by atoms with Crippen LogP contribution in [0.5, 0.6) is 0 Å². The zero-order valence-corrected chi connectivity index (χ0v) is 12.4. The van der Waals surface area contributed by atoms with Gasteiger partial charge in [-0.15, -0.1) is 0 Å². The molecule has 1 unspecified atom stereocenters. The number of anilines is 2. The highest BCUT2D eigenvalue weighted by molar-refractivity contribution is 6.31. The van der Waals surface area contributed by atoms with Gasteiger partial charge in [-0.25, -0.2) is 0 Å². The standard InChI is InChI=1S/C15H16Cl2N2/c1-10(12-5-3-4-6-13(12)17)19(2)15-8-7-11(16)9-14(15)18/h3-10H,18H2,1-2H3. The van der Waals surface area contributed by atoms with Gasteiger partial charge in [-0.3, -0.25) is 0 Å². The van der Waals surface area contributed by atoms with Crippen molar-refractivity contribution in [3.63, 3.8) is 0 Å². The van der Waals surface area contributed by atoms with Crippen LogP contribution in [0.1, 0.15) is 18.5 Å². The van der Waals surface area contributed by atoms with Gasteiger partial charge in [0.1, 0.15) is 0 Å². The highest BCUT2D eigenvalue weighted by atomic mass is 35.5. The van der Waals surface area contributed by atoms with Crippen LogP contribution in [-0.2, 0) is 0 Å². The molecule has 0 aromatic heterocycles. The van der Waals surface area contributed by atoms with E-state index in [1.165, 1.54) is 0 Å². The maximum Gasteiger partial charge on any atom is 0.0603 e. The molecule has 0 bridgehead atoms. The molecule has 0 aliphatic carbocycles. The number of nitrogens with two attached hydrogens (primary N) is 1. The number of nitrogens with zero attached hydrogens (tertiary/aromatic N) is 1. The summed E-state index contributed by atoms with van der Waals surface area (Å²) < 4.78 is 0. The Labute approximate surface area is 123 Å². The normalized spacial score (nSPS) is 12.2. The second-order valence-corrected chi connectivity index (χ2v) is 5.36. The third kappa shape index (κ3) is 2.96. The molecule has 100 valence electrons. The minimum absolute atomic E-state index is 0.122. The third-order valence-electron chi connectivity index (χ3n) is 3.31. The lowest BCUT2D eigenvalue weighted by Gasteiger charge is -2.29. The van der Waals surface area contributed by atoms with Crippen molar-refractivity contribution in [2.24, 2.45) is 0 Å². The van der Waals surface area contributed by atoms with Gasteiger partial charge in [-0.2, -0.15) is 0 Å². The van der Waals surface area contributed by atoms with E-state index in [4.69, 9.17) is 28.9 Å². The number of halogens is 2. The molecule has 2 N–H and O–H groups in total. The van der Waals surface area contributed by atoms with Crippen LogP contribution in [0.4, 0.5) is 11.4 Å². The third-order valence-corrected chi connectivity index (χ3v) is 3.89. The summed E-state index contributed by atoms with van der Waals surface area (Å²) in [6, 6.07) is 13.5. The molecule has 0 heterocycles. The van der Waals surface area contributed by atoms with Crippen LogP contribution in [0.2, 0.25) is 10.0 Å². The summed E-state index contributed by atoms with van der Waals surface area (Å²) in [7, 11) is 1.99. The van der Waals surface area contributed by atoms with Gasteiger partial charge in [0.05, 0.1) is 17.4 Å². The van der Waals surface area contributed by atoms with Gasteiger partial charge >= 0.3 is 0 Å². The molecule has 1 atom stereocenters. The first-order chi connectivity index (χ1) is 9.00. The molecule has 19 heavy (non-hydrogen) atoms. The van der Waals surface area contributed by atoms with E-state index in [0.717, 1.165) is 16.3 Å². The molecule has 0 aliphatic heterocycles. The lowest BCUT2D eigenvalue weighted by molar-refractivity contribution is 0.741. The predicted molar refractivity (Wildman–Crippen MR) is 84.1 cm³/mol. The minimum atomic E-state index is 0.122. The van der Waals surface area contributed by atoms with Crippen molar-refractivity contribution in [2.45, 2.75) is 13.0 Å². The lowest BCUT2D eigenvalue weighted by atomic mass is 10.1. The Morgan fingerprint density at radius 3 is 2.42 bits per heavy atom. The van der Waals surface area contributed by atoms with Gasteiger partial charge in [0.25, 0.3) is 0 Å². The Morgan fingerprint density at radius 2 is 1.79 bits per heavy atom. The Hall–Kier alpha value is -1.38. The molecular formula is C15H16Cl2N2. The Balaban J connectivity index is 2.33. The maximum absolute atomic E-state index is 6.24. The molecule has 2 rings (SSSR count). The minimum Gasteiger partial charge on any atom is -0.397 e. The predicted octanol–water partition coefficient (Wildman–Crippen LogP) is 4.77.